The number of nitrogens with zero attached hydrogens (tertiary/aromatic N) is 7. The molecule has 1 aromatic carbocycles. The molecule has 2 saturated heterocycles. The van der Waals surface area contributed by atoms with Crippen LogP contribution >= 0.6 is 0 Å². The molecule has 0 bridgehead atoms. The number of hydrogen-bond donors (Lipinski definition) is 1. The molecule has 1 atom stereocenters. The first kappa shape index (κ1) is 25.1. The van der Waals surface area contributed by atoms with E-state index < -0.39 is 16.9 Å². The van der Waals surface area contributed by atoms with Crippen LogP contribution in [0, 0.1) is 12.3 Å². The van der Waals surface area contributed by atoms with Gasteiger partial charge in [-0.15, -0.1) is 5.10 Å². The van der Waals surface area contributed by atoms with Gasteiger partial charge in [0, 0.05) is 51.0 Å². The van der Waals surface area contributed by atoms with E-state index in [0.29, 0.717) is 28.3 Å². The van der Waals surface area contributed by atoms with E-state index in [1.807, 2.05) is 36.2 Å². The molecule has 0 amide bonds. The quantitative estimate of drug-likeness (QED) is 0.495. The number of aromatic nitrogens is 5. The summed E-state index contributed by atoms with van der Waals surface area (Å²) >= 11 is 0. The van der Waals surface area contributed by atoms with Crippen molar-refractivity contribution in [3.63, 3.8) is 0 Å². The van der Waals surface area contributed by atoms with Gasteiger partial charge in [0.25, 0.3) is 5.92 Å². The molecule has 1 N–H and O–H groups in total. The van der Waals surface area contributed by atoms with E-state index in [2.05, 4.69) is 24.9 Å². The summed E-state index contributed by atoms with van der Waals surface area (Å²) in [5, 5.41) is 8.79. The highest BCUT2D eigenvalue weighted by Gasteiger charge is 2.44. The second-order valence-electron chi connectivity index (χ2n) is 10.8. The lowest BCUT2D eigenvalue weighted by atomic mass is 9.93. The summed E-state index contributed by atoms with van der Waals surface area (Å²) in [6.45, 7) is 4.25. The predicted octanol–water partition coefficient (Wildman–Crippen LogP) is 4.35. The first-order valence-electron chi connectivity index (χ1n) is 13.1. The number of aryl methyl sites for hydroxylation is 1. The molecule has 38 heavy (non-hydrogen) atoms. The van der Waals surface area contributed by atoms with Crippen molar-refractivity contribution in [3.05, 3.63) is 36.3 Å². The fraction of sp³-hybridized carbons (Fsp3) is 0.538. The highest BCUT2D eigenvalue weighted by molar-refractivity contribution is 7.85. The smallest absolute Gasteiger partial charge is 0.251 e. The van der Waals surface area contributed by atoms with Crippen LogP contribution in [-0.4, -0.2) is 67.5 Å². The molecule has 202 valence electrons. The molecule has 4 heterocycles. The highest BCUT2D eigenvalue weighted by Crippen LogP contribution is 2.54. The Hall–Kier alpha value is -3.15. The fourth-order valence-electron chi connectivity index (χ4n) is 5.51. The van der Waals surface area contributed by atoms with E-state index in [1.165, 1.54) is 25.7 Å². The third kappa shape index (κ3) is 5.10. The van der Waals surface area contributed by atoms with Crippen LogP contribution < -0.4 is 14.5 Å². The molecular weight excluding hydrogens is 510 g/mol. The number of alkyl halides is 2. The fourth-order valence-corrected chi connectivity index (χ4v) is 5.96. The van der Waals surface area contributed by atoms with Crippen LogP contribution in [0.5, 0.6) is 0 Å². The van der Waals surface area contributed by atoms with Crippen molar-refractivity contribution in [1.82, 2.24) is 25.0 Å². The van der Waals surface area contributed by atoms with Crippen LogP contribution in [0.3, 0.4) is 0 Å². The number of piperidine rings is 2. The van der Waals surface area contributed by atoms with Crippen molar-refractivity contribution in [2.75, 3.05) is 47.0 Å². The maximum Gasteiger partial charge on any atom is 0.251 e. The van der Waals surface area contributed by atoms with Crippen molar-refractivity contribution in [3.8, 4) is 17.1 Å². The maximum absolute atomic E-state index is 13.7. The third-order valence-electron chi connectivity index (χ3n) is 8.09. The van der Waals surface area contributed by atoms with E-state index in [4.69, 9.17) is 4.98 Å². The lowest BCUT2D eigenvalue weighted by Gasteiger charge is -2.35. The monoisotopic (exact) mass is 542 g/mol. The van der Waals surface area contributed by atoms with Gasteiger partial charge in [-0.25, -0.2) is 22.7 Å². The Balaban J connectivity index is 1.29. The zero-order valence-electron chi connectivity index (χ0n) is 21.7. The summed E-state index contributed by atoms with van der Waals surface area (Å²) in [5.41, 5.74) is 5.02. The van der Waals surface area contributed by atoms with Crippen LogP contribution in [0.1, 0.15) is 44.2 Å². The minimum absolute atomic E-state index is 0.189. The normalized spacial score (nSPS) is 20.9. The van der Waals surface area contributed by atoms with Crippen molar-refractivity contribution in [1.29, 1.82) is 0 Å². The minimum Gasteiger partial charge on any atom is -0.370 e. The van der Waals surface area contributed by atoms with E-state index in [-0.39, 0.29) is 25.9 Å². The summed E-state index contributed by atoms with van der Waals surface area (Å²) in [6.07, 6.45) is 9.72. The lowest BCUT2D eigenvalue weighted by molar-refractivity contribution is -0.0221. The van der Waals surface area contributed by atoms with Crippen LogP contribution in [0.4, 0.5) is 26.0 Å². The Labute approximate surface area is 223 Å². The molecule has 6 rings (SSSR count). The molecule has 2 aliphatic heterocycles. The van der Waals surface area contributed by atoms with Gasteiger partial charge in [-0.05, 0) is 56.2 Å². The summed E-state index contributed by atoms with van der Waals surface area (Å²) in [7, 11) is -1.18. The number of rotatable bonds is 6. The molecule has 1 saturated carbocycles. The lowest BCUT2D eigenvalue weighted by Crippen LogP contribution is -2.40. The predicted molar refractivity (Wildman–Crippen MR) is 144 cm³/mol. The Morgan fingerprint density at radius 1 is 0.947 bits per heavy atom. The number of hydrogen-bond acceptors (Lipinski definition) is 7. The van der Waals surface area contributed by atoms with Crippen molar-refractivity contribution >= 4 is 28.2 Å². The zero-order chi connectivity index (χ0) is 26.5. The van der Waals surface area contributed by atoms with Crippen LogP contribution in [-0.2, 0) is 11.0 Å². The van der Waals surface area contributed by atoms with E-state index in [9.17, 15) is 13.0 Å². The van der Waals surface area contributed by atoms with Gasteiger partial charge in [-0.2, -0.15) is 0 Å². The Morgan fingerprint density at radius 3 is 2.34 bits per heavy atom. The van der Waals surface area contributed by atoms with E-state index in [0.717, 1.165) is 30.2 Å². The van der Waals surface area contributed by atoms with Crippen LogP contribution in [0.15, 0.2) is 30.6 Å². The summed E-state index contributed by atoms with van der Waals surface area (Å²) < 4.78 is 43.9. The van der Waals surface area contributed by atoms with Gasteiger partial charge in [0.15, 0.2) is 5.82 Å². The molecule has 9 nitrogen and oxygen atoms in total. The van der Waals surface area contributed by atoms with Gasteiger partial charge in [-0.1, -0.05) is 5.21 Å². The minimum atomic E-state index is -2.62. The number of benzene rings is 1. The second kappa shape index (κ2) is 9.55. The largest absolute Gasteiger partial charge is 0.370 e. The molecule has 12 heteroatoms. The highest BCUT2D eigenvalue weighted by atomic mass is 32.2. The van der Waals surface area contributed by atoms with Gasteiger partial charge >= 0.3 is 0 Å². The van der Waals surface area contributed by atoms with Crippen LogP contribution in [0.2, 0.25) is 0 Å². The topological polar surface area (TPSA) is 92.1 Å². The first-order chi connectivity index (χ1) is 18.2. The van der Waals surface area contributed by atoms with Crippen molar-refractivity contribution < 1.29 is 13.0 Å². The van der Waals surface area contributed by atoms with Gasteiger partial charge < -0.3 is 14.5 Å². The first-order valence-corrected chi connectivity index (χ1v) is 14.6. The van der Waals surface area contributed by atoms with Gasteiger partial charge in [0.1, 0.15) is 22.4 Å². The molecular formula is C26H32F2N8OS. The summed E-state index contributed by atoms with van der Waals surface area (Å²) in [5.74, 6) is -2.01. The molecule has 0 radical (unpaired) electrons. The number of halogens is 2. The number of anilines is 3. The average molecular weight is 543 g/mol. The maximum atomic E-state index is 13.7. The SMILES string of the molecule is Cc1ncc(-c2cn(-c3ccc(NS(C)=O)cc3N3CCC4(CC3)CC4)nn2)nc1N1CCC(F)(F)CC1. The van der Waals surface area contributed by atoms with Gasteiger partial charge in [-0.3, -0.25) is 4.98 Å². The molecule has 1 aliphatic carbocycles. The summed E-state index contributed by atoms with van der Waals surface area (Å²) in [6, 6.07) is 5.88. The molecule has 3 fully saturated rings. The Bertz CT molecular complexity index is 1360. The van der Waals surface area contributed by atoms with Crippen molar-refractivity contribution in [2.45, 2.75) is 51.4 Å². The summed E-state index contributed by atoms with van der Waals surface area (Å²) in [4.78, 5) is 13.5. The van der Waals surface area contributed by atoms with Crippen LogP contribution in [0.25, 0.3) is 17.1 Å². The molecule has 1 spiro atoms. The molecule has 1 unspecified atom stereocenters. The third-order valence-corrected chi connectivity index (χ3v) is 8.61. The van der Waals surface area contributed by atoms with Crippen molar-refractivity contribution in [2.24, 2.45) is 5.41 Å². The number of nitrogens with one attached hydrogen (secondary N) is 1. The van der Waals surface area contributed by atoms with Gasteiger partial charge in [0.05, 0.1) is 29.5 Å². The Morgan fingerprint density at radius 2 is 1.66 bits per heavy atom. The average Bonchev–Trinajstić information content (AvgIpc) is 3.45. The van der Waals surface area contributed by atoms with Gasteiger partial charge in [0.2, 0.25) is 0 Å². The molecule has 2 aromatic heterocycles. The Kier molecular flexibility index (Phi) is 6.32. The molecule has 3 aliphatic rings. The standard InChI is InChI=1S/C26H32F2N8OS/c1-18-24(35-13-9-26(27,28)10-14-35)30-20(16-29-18)21-17-36(33-31-21)22-4-3-19(32-38(2)37)15-23(22)34-11-7-25(5-6-25)8-12-34/h3-4,15-17,32H,5-14H2,1-2H3. The second-order valence-corrected chi connectivity index (χ2v) is 11.9. The zero-order valence-corrected chi connectivity index (χ0v) is 22.5. The van der Waals surface area contributed by atoms with E-state index >= 15 is 0 Å². The van der Waals surface area contributed by atoms with E-state index in [1.54, 1.807) is 17.1 Å². The molecule has 3 aromatic rings.